The van der Waals surface area contributed by atoms with Crippen LogP contribution in [0.25, 0.3) is 0 Å². The van der Waals surface area contributed by atoms with Gasteiger partial charge in [-0.3, -0.25) is 9.89 Å². The van der Waals surface area contributed by atoms with E-state index in [1.807, 2.05) is 6.07 Å². The number of aromatic nitrogens is 2. The largest absolute Gasteiger partial charge is 0.308 e. The van der Waals surface area contributed by atoms with Gasteiger partial charge in [0.25, 0.3) is 0 Å². The Morgan fingerprint density at radius 1 is 1.50 bits per heavy atom. The molecule has 1 amide bonds. The predicted molar refractivity (Wildman–Crippen MR) is 85.0 cm³/mol. The zero-order chi connectivity index (χ0) is 14.2. The van der Waals surface area contributed by atoms with Gasteiger partial charge in [-0.2, -0.15) is 5.10 Å². The third-order valence-corrected chi connectivity index (χ3v) is 4.54. The molecule has 5 heteroatoms. The van der Waals surface area contributed by atoms with Crippen LogP contribution in [0.3, 0.4) is 0 Å². The molecule has 0 saturated heterocycles. The molecule has 0 radical (unpaired) electrons. The molecule has 0 aromatic carbocycles. The molecule has 1 heterocycles. The highest BCUT2D eigenvalue weighted by Crippen LogP contribution is 2.26. The molecule has 110 valence electrons. The quantitative estimate of drug-likeness (QED) is 0.598. The summed E-state index contributed by atoms with van der Waals surface area (Å²) in [5.74, 6) is 2.64. The third-order valence-electron chi connectivity index (χ3n) is 3.60. The Labute approximate surface area is 124 Å². The molecule has 1 aliphatic rings. The number of hydrogen-bond donors (Lipinski definition) is 2. The predicted octanol–water partition coefficient (Wildman–Crippen LogP) is 3.39. The van der Waals surface area contributed by atoms with E-state index in [1.54, 1.807) is 17.8 Å². The minimum absolute atomic E-state index is 0.00688. The number of nitrogens with one attached hydrogen (secondary N) is 2. The SMILES string of the molecule is C=CCSCC(=O)Nc1cc(CC2CCCCC2)[nH]n1. The average molecular weight is 293 g/mol. The van der Waals surface area contributed by atoms with Crippen molar-refractivity contribution in [3.05, 3.63) is 24.4 Å². The van der Waals surface area contributed by atoms with Gasteiger partial charge in [0.1, 0.15) is 0 Å². The van der Waals surface area contributed by atoms with Gasteiger partial charge >= 0.3 is 0 Å². The van der Waals surface area contributed by atoms with Crippen LogP contribution in [0.1, 0.15) is 37.8 Å². The van der Waals surface area contributed by atoms with Crippen molar-refractivity contribution in [1.82, 2.24) is 10.2 Å². The van der Waals surface area contributed by atoms with Crippen molar-refractivity contribution >= 4 is 23.5 Å². The Hall–Kier alpha value is -1.23. The minimum atomic E-state index is -0.00688. The number of hydrogen-bond acceptors (Lipinski definition) is 3. The first-order chi connectivity index (χ1) is 9.78. The van der Waals surface area contributed by atoms with E-state index in [2.05, 4.69) is 22.1 Å². The van der Waals surface area contributed by atoms with Gasteiger partial charge < -0.3 is 5.32 Å². The molecule has 1 aromatic heterocycles. The lowest BCUT2D eigenvalue weighted by Gasteiger charge is -2.20. The molecule has 20 heavy (non-hydrogen) atoms. The summed E-state index contributed by atoms with van der Waals surface area (Å²) < 4.78 is 0. The van der Waals surface area contributed by atoms with Crippen molar-refractivity contribution in [3.63, 3.8) is 0 Å². The summed E-state index contributed by atoms with van der Waals surface area (Å²) in [5.41, 5.74) is 1.13. The Kier molecular flexibility index (Phi) is 6.18. The number of carbonyl (C=O) groups excluding carboxylic acids is 1. The molecule has 0 bridgehead atoms. The van der Waals surface area contributed by atoms with Crippen LogP contribution in [0.2, 0.25) is 0 Å². The normalized spacial score (nSPS) is 16.0. The second kappa shape index (κ2) is 8.15. The average Bonchev–Trinajstić information content (AvgIpc) is 2.87. The minimum Gasteiger partial charge on any atom is -0.308 e. The molecule has 4 nitrogen and oxygen atoms in total. The van der Waals surface area contributed by atoms with Gasteiger partial charge in [0.05, 0.1) is 5.75 Å². The van der Waals surface area contributed by atoms with Crippen LogP contribution in [0.15, 0.2) is 18.7 Å². The van der Waals surface area contributed by atoms with Crippen molar-refractivity contribution in [3.8, 4) is 0 Å². The summed E-state index contributed by atoms with van der Waals surface area (Å²) in [5, 5.41) is 10.0. The van der Waals surface area contributed by atoms with E-state index >= 15 is 0 Å². The Bertz CT molecular complexity index is 438. The maximum Gasteiger partial charge on any atom is 0.235 e. The third kappa shape index (κ3) is 5.04. The molecule has 1 aromatic rings. The summed E-state index contributed by atoms with van der Waals surface area (Å²) in [6.45, 7) is 3.63. The number of H-pyrrole nitrogens is 1. The van der Waals surface area contributed by atoms with E-state index in [-0.39, 0.29) is 5.91 Å². The molecule has 0 atom stereocenters. The summed E-state index contributed by atoms with van der Waals surface area (Å²) in [6.07, 6.45) is 9.57. The molecule has 0 unspecified atom stereocenters. The standard InChI is InChI=1S/C15H23N3OS/c1-2-8-20-11-15(19)16-14-10-13(17-18-14)9-12-6-4-3-5-7-12/h2,10,12H,1,3-9,11H2,(H2,16,17,18,19). The van der Waals surface area contributed by atoms with E-state index in [1.165, 1.54) is 32.1 Å². The van der Waals surface area contributed by atoms with Gasteiger partial charge in [0, 0.05) is 17.5 Å². The summed E-state index contributed by atoms with van der Waals surface area (Å²) in [6, 6.07) is 1.96. The van der Waals surface area contributed by atoms with E-state index in [9.17, 15) is 4.79 Å². The van der Waals surface area contributed by atoms with Crippen LogP contribution in [0.4, 0.5) is 5.82 Å². The first kappa shape index (κ1) is 15.2. The summed E-state index contributed by atoms with van der Waals surface area (Å²) >= 11 is 1.55. The molecule has 1 fully saturated rings. The lowest BCUT2D eigenvalue weighted by molar-refractivity contribution is -0.113. The van der Waals surface area contributed by atoms with Gasteiger partial charge in [0.15, 0.2) is 5.82 Å². The first-order valence-electron chi connectivity index (χ1n) is 7.30. The number of anilines is 1. The highest BCUT2D eigenvalue weighted by atomic mass is 32.2. The number of carbonyl (C=O) groups is 1. The molecule has 2 N–H and O–H groups in total. The highest BCUT2D eigenvalue weighted by Gasteiger charge is 2.15. The van der Waals surface area contributed by atoms with Crippen LogP contribution >= 0.6 is 11.8 Å². The topological polar surface area (TPSA) is 57.8 Å². The number of thioether (sulfide) groups is 1. The maximum atomic E-state index is 11.7. The van der Waals surface area contributed by atoms with Gasteiger partial charge in [-0.1, -0.05) is 38.2 Å². The number of aromatic amines is 1. The smallest absolute Gasteiger partial charge is 0.235 e. The van der Waals surface area contributed by atoms with Crippen LogP contribution in [-0.2, 0) is 11.2 Å². The van der Waals surface area contributed by atoms with E-state index < -0.39 is 0 Å². The van der Waals surface area contributed by atoms with E-state index in [0.717, 1.165) is 23.8 Å². The fourth-order valence-electron chi connectivity index (χ4n) is 2.65. The molecular formula is C15H23N3OS. The molecule has 0 spiro atoms. The van der Waals surface area contributed by atoms with Crippen LogP contribution in [0, 0.1) is 5.92 Å². The van der Waals surface area contributed by atoms with Crippen molar-refractivity contribution in [2.75, 3.05) is 16.8 Å². The highest BCUT2D eigenvalue weighted by molar-refractivity contribution is 8.00. The number of rotatable bonds is 7. The molecular weight excluding hydrogens is 270 g/mol. The second-order valence-corrected chi connectivity index (χ2v) is 6.37. The van der Waals surface area contributed by atoms with E-state index in [0.29, 0.717) is 11.6 Å². The lowest BCUT2D eigenvalue weighted by atomic mass is 9.86. The summed E-state index contributed by atoms with van der Waals surface area (Å²) in [7, 11) is 0. The monoisotopic (exact) mass is 293 g/mol. The fourth-order valence-corrected chi connectivity index (χ4v) is 3.19. The fraction of sp³-hybridized carbons (Fsp3) is 0.600. The zero-order valence-electron chi connectivity index (χ0n) is 11.9. The van der Waals surface area contributed by atoms with Crippen molar-refractivity contribution < 1.29 is 4.79 Å². The molecule has 2 rings (SSSR count). The van der Waals surface area contributed by atoms with E-state index in [4.69, 9.17) is 0 Å². The van der Waals surface area contributed by atoms with Gasteiger partial charge in [-0.25, -0.2) is 0 Å². The van der Waals surface area contributed by atoms with Crippen LogP contribution < -0.4 is 5.32 Å². The number of nitrogens with zero attached hydrogens (tertiary/aromatic N) is 1. The van der Waals surface area contributed by atoms with Gasteiger partial charge in [-0.15, -0.1) is 18.3 Å². The summed E-state index contributed by atoms with van der Waals surface area (Å²) in [4.78, 5) is 11.7. The Morgan fingerprint density at radius 3 is 3.05 bits per heavy atom. The maximum absolute atomic E-state index is 11.7. The van der Waals surface area contributed by atoms with Crippen LogP contribution in [0.5, 0.6) is 0 Å². The second-order valence-electron chi connectivity index (χ2n) is 5.34. The van der Waals surface area contributed by atoms with Crippen molar-refractivity contribution in [2.45, 2.75) is 38.5 Å². The molecule has 1 aliphatic carbocycles. The zero-order valence-corrected chi connectivity index (χ0v) is 12.7. The van der Waals surface area contributed by atoms with Crippen LogP contribution in [-0.4, -0.2) is 27.6 Å². The Morgan fingerprint density at radius 2 is 2.30 bits per heavy atom. The van der Waals surface area contributed by atoms with Crippen molar-refractivity contribution in [2.24, 2.45) is 5.92 Å². The molecule has 1 saturated carbocycles. The molecule has 0 aliphatic heterocycles. The Balaban J connectivity index is 1.76. The number of amides is 1. The lowest BCUT2D eigenvalue weighted by Crippen LogP contribution is -2.14. The van der Waals surface area contributed by atoms with Crippen molar-refractivity contribution in [1.29, 1.82) is 0 Å². The van der Waals surface area contributed by atoms with Gasteiger partial charge in [0.2, 0.25) is 5.91 Å². The first-order valence-corrected chi connectivity index (χ1v) is 8.46. The van der Waals surface area contributed by atoms with Gasteiger partial charge in [-0.05, 0) is 12.3 Å².